The van der Waals surface area contributed by atoms with Crippen molar-refractivity contribution in [2.45, 2.75) is 45.2 Å². The molecule has 0 bridgehead atoms. The molecule has 5 heteroatoms. The lowest BCUT2D eigenvalue weighted by Crippen LogP contribution is -2.48. The fourth-order valence-electron chi connectivity index (χ4n) is 3.14. The number of aliphatic hydroxyl groups is 1. The largest absolute Gasteiger partial charge is 0.389 e. The van der Waals surface area contributed by atoms with Crippen LogP contribution in [-0.4, -0.2) is 54.6 Å². The molecule has 3 atom stereocenters. The summed E-state index contributed by atoms with van der Waals surface area (Å²) in [6.45, 7) is 11.2. The van der Waals surface area contributed by atoms with Gasteiger partial charge in [0, 0.05) is 19.6 Å². The Morgan fingerprint density at radius 2 is 1.92 bits per heavy atom. The van der Waals surface area contributed by atoms with Gasteiger partial charge in [0.15, 0.2) is 0 Å². The summed E-state index contributed by atoms with van der Waals surface area (Å²) in [4.78, 5) is 2.25. The first-order valence-electron chi connectivity index (χ1n) is 8.39. The minimum atomic E-state index is -0.473. The average Bonchev–Trinajstić information content (AvgIpc) is 2.48. The van der Waals surface area contributed by atoms with Gasteiger partial charge in [-0.25, -0.2) is 0 Å². The van der Waals surface area contributed by atoms with Crippen molar-refractivity contribution in [3.8, 4) is 0 Å². The number of aliphatic hydroxyl groups excluding tert-OH is 1. The highest BCUT2D eigenvalue weighted by Crippen LogP contribution is 2.13. The molecule has 0 saturated carbocycles. The van der Waals surface area contributed by atoms with E-state index in [0.717, 1.165) is 25.1 Å². The molecular weight excluding hydrogens is 326 g/mol. The summed E-state index contributed by atoms with van der Waals surface area (Å²) in [5.41, 5.74) is 2.39. The zero-order valence-electron chi connectivity index (χ0n) is 14.7. The van der Waals surface area contributed by atoms with Gasteiger partial charge in [0.25, 0.3) is 0 Å². The van der Waals surface area contributed by atoms with E-state index >= 15 is 0 Å². The summed E-state index contributed by atoms with van der Waals surface area (Å²) in [5, 5.41) is 10.2. The van der Waals surface area contributed by atoms with E-state index in [2.05, 4.69) is 37.5 Å². The molecule has 0 spiro atoms. The van der Waals surface area contributed by atoms with Crippen LogP contribution >= 0.6 is 12.4 Å². The van der Waals surface area contributed by atoms with Crippen LogP contribution in [0.2, 0.25) is 0 Å². The van der Waals surface area contributed by atoms with Crippen molar-refractivity contribution in [1.82, 2.24) is 4.90 Å². The standard InChI is InChI=1S/C19H29NO3.ClH/c1-4-7-17-8-5-6-9-18(17)13-22-14-19(21)12-20-10-15(2)23-16(3)11-20;/h4-6,8-9,15-16,19,21H,1,7,10-14H2,2-3H3;1H. The lowest BCUT2D eigenvalue weighted by molar-refractivity contribution is -0.0826. The van der Waals surface area contributed by atoms with E-state index in [-0.39, 0.29) is 24.6 Å². The molecule has 2 rings (SSSR count). The van der Waals surface area contributed by atoms with Gasteiger partial charge in [-0.3, -0.25) is 4.90 Å². The highest BCUT2D eigenvalue weighted by atomic mass is 35.5. The summed E-state index contributed by atoms with van der Waals surface area (Å²) in [7, 11) is 0. The van der Waals surface area contributed by atoms with Gasteiger partial charge in [-0.05, 0) is 31.4 Å². The molecule has 1 N–H and O–H groups in total. The number of nitrogens with zero attached hydrogens (tertiary/aromatic N) is 1. The molecule has 0 aliphatic carbocycles. The van der Waals surface area contributed by atoms with Crippen molar-refractivity contribution in [2.75, 3.05) is 26.2 Å². The number of hydrogen-bond acceptors (Lipinski definition) is 4. The summed E-state index contributed by atoms with van der Waals surface area (Å²) in [6.07, 6.45) is 2.70. The van der Waals surface area contributed by atoms with Crippen molar-refractivity contribution in [3.63, 3.8) is 0 Å². The lowest BCUT2D eigenvalue weighted by atomic mass is 10.1. The second kappa shape index (κ2) is 10.9. The molecule has 1 aromatic rings. The summed E-state index contributed by atoms with van der Waals surface area (Å²) in [6, 6.07) is 8.19. The predicted octanol–water partition coefficient (Wildman–Crippen LogP) is 2.82. The number of hydrogen-bond donors (Lipinski definition) is 1. The van der Waals surface area contributed by atoms with Crippen LogP contribution in [0.25, 0.3) is 0 Å². The van der Waals surface area contributed by atoms with Crippen molar-refractivity contribution >= 4 is 12.4 Å². The number of allylic oxidation sites excluding steroid dienone is 1. The molecule has 1 aliphatic heterocycles. The maximum atomic E-state index is 10.2. The first kappa shape index (κ1) is 21.1. The highest BCUT2D eigenvalue weighted by molar-refractivity contribution is 5.85. The van der Waals surface area contributed by atoms with E-state index in [1.165, 1.54) is 5.56 Å². The second-order valence-electron chi connectivity index (χ2n) is 6.41. The highest BCUT2D eigenvalue weighted by Gasteiger charge is 2.23. The fraction of sp³-hybridized carbons (Fsp3) is 0.579. The third-order valence-electron chi connectivity index (χ3n) is 4.01. The topological polar surface area (TPSA) is 41.9 Å². The monoisotopic (exact) mass is 355 g/mol. The first-order valence-corrected chi connectivity index (χ1v) is 8.39. The van der Waals surface area contributed by atoms with E-state index in [4.69, 9.17) is 9.47 Å². The molecule has 1 heterocycles. The van der Waals surface area contributed by atoms with E-state index < -0.39 is 6.10 Å². The smallest absolute Gasteiger partial charge is 0.0900 e. The van der Waals surface area contributed by atoms with Crippen LogP contribution in [0.1, 0.15) is 25.0 Å². The summed E-state index contributed by atoms with van der Waals surface area (Å²) in [5.74, 6) is 0. The molecule has 0 aromatic heterocycles. The Morgan fingerprint density at radius 3 is 2.54 bits per heavy atom. The van der Waals surface area contributed by atoms with Crippen LogP contribution in [0.5, 0.6) is 0 Å². The molecule has 3 unspecified atom stereocenters. The Hall–Kier alpha value is -0.910. The van der Waals surface area contributed by atoms with Crippen LogP contribution < -0.4 is 0 Å². The van der Waals surface area contributed by atoms with Gasteiger partial charge in [0.05, 0.1) is 31.5 Å². The molecule has 1 aromatic carbocycles. The van der Waals surface area contributed by atoms with Crippen LogP contribution in [-0.2, 0) is 22.5 Å². The SMILES string of the molecule is C=CCc1ccccc1COCC(O)CN1CC(C)OC(C)C1.Cl. The van der Waals surface area contributed by atoms with Crippen molar-refractivity contribution < 1.29 is 14.6 Å². The third-order valence-corrected chi connectivity index (χ3v) is 4.01. The van der Waals surface area contributed by atoms with Crippen molar-refractivity contribution in [1.29, 1.82) is 0 Å². The van der Waals surface area contributed by atoms with Crippen molar-refractivity contribution in [2.24, 2.45) is 0 Å². The number of halogens is 1. The predicted molar refractivity (Wildman–Crippen MR) is 99.7 cm³/mol. The average molecular weight is 356 g/mol. The maximum Gasteiger partial charge on any atom is 0.0900 e. The Kier molecular flexibility index (Phi) is 9.56. The van der Waals surface area contributed by atoms with Gasteiger partial charge >= 0.3 is 0 Å². The Balaban J connectivity index is 0.00000288. The molecule has 0 amide bonds. The second-order valence-corrected chi connectivity index (χ2v) is 6.41. The quantitative estimate of drug-likeness (QED) is 0.728. The number of rotatable bonds is 8. The zero-order valence-corrected chi connectivity index (χ0v) is 15.5. The molecule has 0 radical (unpaired) electrons. The number of ether oxygens (including phenoxy) is 2. The van der Waals surface area contributed by atoms with E-state index in [1.807, 2.05) is 18.2 Å². The number of morpholine rings is 1. The molecule has 4 nitrogen and oxygen atoms in total. The van der Waals surface area contributed by atoms with Crippen molar-refractivity contribution in [3.05, 3.63) is 48.0 Å². The molecule has 1 saturated heterocycles. The Bertz CT molecular complexity index is 487. The Morgan fingerprint density at radius 1 is 1.29 bits per heavy atom. The lowest BCUT2D eigenvalue weighted by Gasteiger charge is -2.36. The molecular formula is C19H30ClNO3. The van der Waals surface area contributed by atoms with Gasteiger partial charge in [-0.2, -0.15) is 0 Å². The van der Waals surface area contributed by atoms with E-state index in [0.29, 0.717) is 19.8 Å². The fourth-order valence-corrected chi connectivity index (χ4v) is 3.14. The summed E-state index contributed by atoms with van der Waals surface area (Å²) < 4.78 is 11.4. The normalized spacial score (nSPS) is 22.6. The number of benzene rings is 1. The molecule has 1 aliphatic rings. The molecule has 136 valence electrons. The van der Waals surface area contributed by atoms with Gasteiger partial charge in [-0.15, -0.1) is 19.0 Å². The van der Waals surface area contributed by atoms with Gasteiger partial charge in [-0.1, -0.05) is 30.3 Å². The molecule has 1 fully saturated rings. The van der Waals surface area contributed by atoms with Crippen LogP contribution in [0.4, 0.5) is 0 Å². The van der Waals surface area contributed by atoms with Gasteiger partial charge in [0.2, 0.25) is 0 Å². The zero-order chi connectivity index (χ0) is 16.7. The maximum absolute atomic E-state index is 10.2. The van der Waals surface area contributed by atoms with Gasteiger partial charge < -0.3 is 14.6 Å². The van der Waals surface area contributed by atoms with E-state index in [9.17, 15) is 5.11 Å². The minimum Gasteiger partial charge on any atom is -0.389 e. The Labute approximate surface area is 151 Å². The first-order chi connectivity index (χ1) is 11.1. The molecule has 24 heavy (non-hydrogen) atoms. The van der Waals surface area contributed by atoms with Crippen LogP contribution in [0.3, 0.4) is 0 Å². The minimum absolute atomic E-state index is 0. The third kappa shape index (κ3) is 6.91. The van der Waals surface area contributed by atoms with Crippen LogP contribution in [0, 0.1) is 0 Å². The van der Waals surface area contributed by atoms with Gasteiger partial charge in [0.1, 0.15) is 0 Å². The summed E-state index contributed by atoms with van der Waals surface area (Å²) >= 11 is 0. The van der Waals surface area contributed by atoms with E-state index in [1.54, 1.807) is 0 Å². The van der Waals surface area contributed by atoms with Crippen LogP contribution in [0.15, 0.2) is 36.9 Å². The number of β-amino-alcohol motifs (C(OH)–C–C–N with tert-alkyl or cyclic N) is 1.